The first kappa shape index (κ1) is 11.3. The van der Waals surface area contributed by atoms with E-state index >= 15 is 0 Å². The van der Waals surface area contributed by atoms with Crippen LogP contribution in [0.1, 0.15) is 0 Å². The number of fused-ring (bicyclic) bond motifs is 1. The quantitative estimate of drug-likeness (QED) is 0.840. The topological polar surface area (TPSA) is 46.5 Å². The van der Waals surface area contributed by atoms with Crippen molar-refractivity contribution in [3.05, 3.63) is 40.9 Å². The molecular weight excluding hydrogens is 292 g/mol. The molecule has 0 heterocycles. The highest BCUT2D eigenvalue weighted by Crippen LogP contribution is 2.34. The molecule has 0 radical (unpaired) electrons. The summed E-state index contributed by atoms with van der Waals surface area (Å²) in [6, 6.07) is 11.6. The molecule has 0 aliphatic carbocycles. The Hall–Kier alpha value is -1.20. The molecule has 5 heteroatoms. The van der Waals surface area contributed by atoms with Crippen LogP contribution >= 0.6 is 28.0 Å². The van der Waals surface area contributed by atoms with E-state index in [0.717, 1.165) is 32.2 Å². The summed E-state index contributed by atoms with van der Waals surface area (Å²) in [7, 11) is 0. The van der Waals surface area contributed by atoms with Crippen LogP contribution in [0.25, 0.3) is 10.8 Å². The SMILES string of the molecule is O=C(O)OSc1ccc2ccccc2c1Br. The van der Waals surface area contributed by atoms with Crippen LogP contribution in [0.15, 0.2) is 45.8 Å². The maximum absolute atomic E-state index is 10.3. The Kier molecular flexibility index (Phi) is 3.36. The van der Waals surface area contributed by atoms with Crippen LogP contribution in [0.3, 0.4) is 0 Å². The third-order valence-corrected chi connectivity index (χ3v) is 3.89. The molecule has 82 valence electrons. The number of rotatable bonds is 2. The highest BCUT2D eigenvalue weighted by atomic mass is 79.9. The average molecular weight is 299 g/mol. The molecule has 0 aliphatic rings. The molecule has 3 nitrogen and oxygen atoms in total. The molecule has 2 aromatic carbocycles. The third-order valence-electron chi connectivity index (χ3n) is 2.03. The number of hydrogen-bond acceptors (Lipinski definition) is 3. The largest absolute Gasteiger partial charge is 0.518 e. The van der Waals surface area contributed by atoms with Crippen molar-refractivity contribution in [1.29, 1.82) is 0 Å². The Labute approximate surface area is 105 Å². The lowest BCUT2D eigenvalue weighted by atomic mass is 10.1. The van der Waals surface area contributed by atoms with Crippen LogP contribution in [-0.2, 0) is 4.18 Å². The van der Waals surface area contributed by atoms with Gasteiger partial charge in [-0.15, -0.1) is 0 Å². The van der Waals surface area contributed by atoms with Crippen LogP contribution in [0, 0.1) is 0 Å². The number of hydrogen-bond donors (Lipinski definition) is 1. The fraction of sp³-hybridized carbons (Fsp3) is 0. The average Bonchev–Trinajstić information content (AvgIpc) is 2.28. The molecule has 16 heavy (non-hydrogen) atoms. The van der Waals surface area contributed by atoms with Crippen LogP contribution in [0.5, 0.6) is 0 Å². The Morgan fingerprint density at radius 1 is 1.25 bits per heavy atom. The first-order chi connectivity index (χ1) is 7.68. The molecule has 0 saturated heterocycles. The zero-order valence-electron chi connectivity index (χ0n) is 8.01. The molecule has 0 spiro atoms. The third kappa shape index (κ3) is 2.31. The minimum Gasteiger partial charge on any atom is -0.449 e. The summed E-state index contributed by atoms with van der Waals surface area (Å²) in [6.45, 7) is 0. The van der Waals surface area contributed by atoms with Gasteiger partial charge in [0.15, 0.2) is 0 Å². The Balaban J connectivity index is 2.40. The molecule has 0 unspecified atom stereocenters. The van der Waals surface area contributed by atoms with Crippen LogP contribution in [0.2, 0.25) is 0 Å². The molecule has 0 bridgehead atoms. The summed E-state index contributed by atoms with van der Waals surface area (Å²) in [6.07, 6.45) is -1.30. The number of benzene rings is 2. The summed E-state index contributed by atoms with van der Waals surface area (Å²) < 4.78 is 5.31. The van der Waals surface area contributed by atoms with E-state index in [9.17, 15) is 4.79 Å². The second-order valence-electron chi connectivity index (χ2n) is 3.03. The predicted molar refractivity (Wildman–Crippen MR) is 66.6 cm³/mol. The van der Waals surface area contributed by atoms with Gasteiger partial charge < -0.3 is 9.29 Å². The van der Waals surface area contributed by atoms with Crippen LogP contribution < -0.4 is 0 Å². The van der Waals surface area contributed by atoms with Gasteiger partial charge in [0.05, 0.1) is 4.90 Å². The van der Waals surface area contributed by atoms with E-state index in [0.29, 0.717) is 0 Å². The summed E-state index contributed by atoms with van der Waals surface area (Å²) in [5.41, 5.74) is 0. The van der Waals surface area contributed by atoms with Gasteiger partial charge in [-0.1, -0.05) is 30.3 Å². The first-order valence-electron chi connectivity index (χ1n) is 4.43. The van der Waals surface area contributed by atoms with Crippen molar-refractivity contribution in [3.63, 3.8) is 0 Å². The van der Waals surface area contributed by atoms with E-state index in [2.05, 4.69) is 20.1 Å². The zero-order chi connectivity index (χ0) is 11.5. The summed E-state index contributed by atoms with van der Waals surface area (Å²) in [5.74, 6) is 0. The normalized spacial score (nSPS) is 10.3. The smallest absolute Gasteiger partial charge is 0.449 e. The fourth-order valence-electron chi connectivity index (χ4n) is 1.36. The molecule has 2 rings (SSSR count). The molecule has 2 aromatic rings. The number of carboxylic acid groups (broad SMARTS) is 1. The summed E-state index contributed by atoms with van der Waals surface area (Å²) >= 11 is 4.26. The van der Waals surface area contributed by atoms with Gasteiger partial charge in [-0.05, 0) is 32.8 Å². The Bertz CT molecular complexity index is 542. The molecule has 0 aliphatic heterocycles. The van der Waals surface area contributed by atoms with Crippen molar-refractivity contribution in [2.24, 2.45) is 0 Å². The van der Waals surface area contributed by atoms with Gasteiger partial charge in [-0.3, -0.25) is 0 Å². The van der Waals surface area contributed by atoms with E-state index in [1.165, 1.54) is 0 Å². The van der Waals surface area contributed by atoms with E-state index < -0.39 is 6.16 Å². The first-order valence-corrected chi connectivity index (χ1v) is 5.96. The van der Waals surface area contributed by atoms with Gasteiger partial charge >= 0.3 is 6.16 Å². The monoisotopic (exact) mass is 298 g/mol. The van der Waals surface area contributed by atoms with E-state index in [1.807, 2.05) is 36.4 Å². The van der Waals surface area contributed by atoms with Gasteiger partial charge in [-0.25, -0.2) is 4.79 Å². The fourth-order valence-corrected chi connectivity index (χ4v) is 2.52. The Morgan fingerprint density at radius 3 is 2.75 bits per heavy atom. The van der Waals surface area contributed by atoms with Crippen molar-refractivity contribution in [3.8, 4) is 0 Å². The van der Waals surface area contributed by atoms with Gasteiger partial charge in [0.1, 0.15) is 12.0 Å². The molecular formula is C11H7BrO3S. The lowest BCUT2D eigenvalue weighted by molar-refractivity contribution is 0.153. The van der Waals surface area contributed by atoms with Crippen LogP contribution in [0.4, 0.5) is 4.79 Å². The molecule has 0 aromatic heterocycles. The van der Waals surface area contributed by atoms with Gasteiger partial charge in [0.25, 0.3) is 0 Å². The molecule has 1 N–H and O–H groups in total. The predicted octanol–water partition coefficient (Wildman–Crippen LogP) is 4.30. The highest BCUT2D eigenvalue weighted by Gasteiger charge is 2.08. The van der Waals surface area contributed by atoms with Gasteiger partial charge in [0, 0.05) is 4.47 Å². The highest BCUT2D eigenvalue weighted by molar-refractivity contribution is 9.10. The van der Waals surface area contributed by atoms with Crippen molar-refractivity contribution in [2.75, 3.05) is 0 Å². The minimum atomic E-state index is -1.30. The molecule has 0 fully saturated rings. The van der Waals surface area contributed by atoms with E-state index in [4.69, 9.17) is 5.11 Å². The van der Waals surface area contributed by atoms with Crippen molar-refractivity contribution < 1.29 is 14.1 Å². The maximum atomic E-state index is 10.3. The van der Waals surface area contributed by atoms with Gasteiger partial charge in [-0.2, -0.15) is 0 Å². The van der Waals surface area contributed by atoms with E-state index in [1.54, 1.807) is 0 Å². The van der Waals surface area contributed by atoms with Crippen molar-refractivity contribution in [2.45, 2.75) is 4.90 Å². The van der Waals surface area contributed by atoms with Crippen molar-refractivity contribution >= 4 is 44.9 Å². The van der Waals surface area contributed by atoms with Gasteiger partial charge in [0.2, 0.25) is 0 Å². The second-order valence-corrected chi connectivity index (χ2v) is 4.60. The minimum absolute atomic E-state index is 0.737. The summed E-state index contributed by atoms with van der Waals surface area (Å²) in [4.78, 5) is 11.0. The Morgan fingerprint density at radius 2 is 2.00 bits per heavy atom. The number of carbonyl (C=O) groups is 1. The standard InChI is InChI=1S/C11H7BrO3S/c12-10-8-4-2-1-3-7(8)5-6-9(10)16-15-11(13)14/h1-6H,(H,13,14). The number of halogens is 1. The van der Waals surface area contributed by atoms with Crippen LogP contribution in [-0.4, -0.2) is 11.3 Å². The second kappa shape index (κ2) is 4.76. The molecule has 0 saturated carbocycles. The zero-order valence-corrected chi connectivity index (χ0v) is 10.4. The maximum Gasteiger partial charge on any atom is 0.518 e. The lowest BCUT2D eigenvalue weighted by Crippen LogP contribution is -1.91. The molecule has 0 atom stereocenters. The lowest BCUT2D eigenvalue weighted by Gasteiger charge is -2.05. The van der Waals surface area contributed by atoms with E-state index in [-0.39, 0.29) is 0 Å². The molecule has 0 amide bonds. The van der Waals surface area contributed by atoms with Crippen molar-refractivity contribution in [1.82, 2.24) is 0 Å². The summed E-state index contributed by atoms with van der Waals surface area (Å²) in [5, 5.41) is 10.5.